The molecule has 1 fully saturated rings. The molecule has 1 saturated heterocycles. The average molecular weight is 1080 g/mol. The molecule has 0 spiro atoms. The maximum absolute atomic E-state index is 14.4. The minimum atomic E-state index is -1.95. The summed E-state index contributed by atoms with van der Waals surface area (Å²) in [6.07, 6.45) is -1.86. The number of thiol groups is 2. The number of unbranched alkanes of at least 4 members (excludes halogenated alkanes) is 1. The van der Waals surface area contributed by atoms with Crippen molar-refractivity contribution in [1.29, 1.82) is 0 Å². The monoisotopic (exact) mass is 1080 g/mol. The molecule has 0 aromatic rings. The van der Waals surface area contributed by atoms with Crippen molar-refractivity contribution >= 4 is 102 Å². The highest BCUT2D eigenvalue weighted by Crippen LogP contribution is 2.21. The third kappa shape index (κ3) is 24.2. The van der Waals surface area contributed by atoms with Gasteiger partial charge in [-0.05, 0) is 70.3 Å². The Balaban J connectivity index is 3.56. The Bertz CT molecular complexity index is 2000. The lowest BCUT2D eigenvalue weighted by Crippen LogP contribution is -2.61. The van der Waals surface area contributed by atoms with Gasteiger partial charge < -0.3 is 86.7 Å². The van der Waals surface area contributed by atoms with Crippen molar-refractivity contribution in [3.8, 4) is 0 Å². The number of nitrogens with one attached hydrogen (secondary N) is 7. The van der Waals surface area contributed by atoms with Crippen LogP contribution in [0.15, 0.2) is 4.99 Å². The number of likely N-dealkylation sites (tertiary alicyclic amines) is 1. The molecule has 0 radical (unpaired) electrons. The van der Waals surface area contributed by atoms with Gasteiger partial charge in [0.15, 0.2) is 5.96 Å². The highest BCUT2D eigenvalue weighted by molar-refractivity contribution is 7.80. The van der Waals surface area contributed by atoms with Gasteiger partial charge in [-0.2, -0.15) is 25.3 Å². The first kappa shape index (κ1) is 64.5. The van der Waals surface area contributed by atoms with Crippen molar-refractivity contribution in [1.82, 2.24) is 42.1 Å². The molecule has 0 aromatic carbocycles. The van der Waals surface area contributed by atoms with Crippen molar-refractivity contribution in [3.05, 3.63) is 0 Å². The summed E-state index contributed by atoms with van der Waals surface area (Å²) in [4.78, 5) is 162. The van der Waals surface area contributed by atoms with E-state index < -0.39 is 151 Å². The number of carboxylic acids is 2. The zero-order valence-corrected chi connectivity index (χ0v) is 42.6. The number of hydrogen-bond donors (Lipinski definition) is 17. The molecule has 31 heteroatoms. The number of aliphatic carboxylic acids is 2. The lowest BCUT2D eigenvalue weighted by atomic mass is 10.0. The van der Waals surface area contributed by atoms with E-state index in [1.807, 2.05) is 0 Å². The van der Waals surface area contributed by atoms with Crippen molar-refractivity contribution in [2.75, 3.05) is 31.1 Å². The van der Waals surface area contributed by atoms with Crippen LogP contribution in [0.2, 0.25) is 0 Å². The van der Waals surface area contributed by atoms with E-state index in [0.29, 0.717) is 19.3 Å². The summed E-state index contributed by atoms with van der Waals surface area (Å²) < 4.78 is 0. The van der Waals surface area contributed by atoms with Gasteiger partial charge in [0, 0.05) is 31.0 Å². The molecule has 21 N–H and O–H groups in total. The fraction of sp³-hybridized carbons (Fsp3) is 0.690. The Kier molecular flexibility index (Phi) is 29.4. The second-order valence-electron chi connectivity index (χ2n) is 17.6. The molecule has 73 heavy (non-hydrogen) atoms. The molecular formula is C42H73N15O14S2. The molecule has 10 amide bonds. The lowest BCUT2D eigenvalue weighted by molar-refractivity contribution is -0.143. The maximum Gasteiger partial charge on any atom is 0.327 e. The van der Waals surface area contributed by atoms with Gasteiger partial charge in [-0.1, -0.05) is 13.8 Å². The number of carboxylic acid groups (broad SMARTS) is 2. The zero-order chi connectivity index (χ0) is 55.5. The molecule has 29 nitrogen and oxygen atoms in total. The molecule has 0 unspecified atom stereocenters. The first-order valence-electron chi connectivity index (χ1n) is 23.4. The fourth-order valence-electron chi connectivity index (χ4n) is 7.26. The molecule has 1 aliphatic rings. The highest BCUT2D eigenvalue weighted by atomic mass is 32.1. The summed E-state index contributed by atoms with van der Waals surface area (Å²) in [6.45, 7) is 3.66. The number of rotatable bonds is 35. The van der Waals surface area contributed by atoms with E-state index in [1.165, 1.54) is 4.90 Å². The number of guanidine groups is 1. The van der Waals surface area contributed by atoms with Crippen LogP contribution >= 0.6 is 25.3 Å². The van der Waals surface area contributed by atoms with E-state index in [9.17, 15) is 67.7 Å². The molecule has 412 valence electrons. The summed E-state index contributed by atoms with van der Waals surface area (Å²) in [5.41, 5.74) is 33.1. The van der Waals surface area contributed by atoms with Crippen LogP contribution in [-0.2, 0) is 57.5 Å². The summed E-state index contributed by atoms with van der Waals surface area (Å²) in [6, 6.07) is -13.3. The number of nitrogens with two attached hydrogens (primary N) is 6. The number of aliphatic imine (C=N–C) groups is 1. The fourth-order valence-corrected chi connectivity index (χ4v) is 7.67. The van der Waals surface area contributed by atoms with Crippen LogP contribution < -0.4 is 71.6 Å². The predicted molar refractivity (Wildman–Crippen MR) is 268 cm³/mol. The molecule has 0 aliphatic carbocycles. The van der Waals surface area contributed by atoms with Gasteiger partial charge in [0.25, 0.3) is 0 Å². The number of amides is 10. The van der Waals surface area contributed by atoms with Crippen molar-refractivity contribution in [2.45, 2.75) is 145 Å². The van der Waals surface area contributed by atoms with Gasteiger partial charge in [-0.25, -0.2) is 4.79 Å². The molecule has 0 saturated carbocycles. The summed E-state index contributed by atoms with van der Waals surface area (Å²) in [5.74, 6) is -13.7. The zero-order valence-electron chi connectivity index (χ0n) is 40.8. The lowest BCUT2D eigenvalue weighted by Gasteiger charge is -2.31. The SMILES string of the molecule is CC(C)C[C@H](NC(=O)[C@@H](N)CS)C(=O)N[C@@H](CC(=O)O)C(=O)N[C@@H](CC(N)=O)C(=O)N[C@@H](CCC(N)=O)C(=O)N[C@@H](CCCN=C(N)N)C(=O)N1CCC[C@H]1C(=O)N[C@@H](CCCCN)C(=O)N[C@@H](CS)C(=O)O. The second kappa shape index (κ2) is 33.3. The van der Waals surface area contributed by atoms with Gasteiger partial charge in [0.05, 0.1) is 18.9 Å². The highest BCUT2D eigenvalue weighted by Gasteiger charge is 2.40. The van der Waals surface area contributed by atoms with Gasteiger partial charge in [-0.15, -0.1) is 0 Å². The van der Waals surface area contributed by atoms with E-state index >= 15 is 0 Å². The number of hydrogen-bond acceptors (Lipinski definition) is 17. The quantitative estimate of drug-likeness (QED) is 0.0121. The van der Waals surface area contributed by atoms with E-state index in [-0.39, 0.29) is 75.1 Å². The van der Waals surface area contributed by atoms with Gasteiger partial charge in [0.2, 0.25) is 59.1 Å². The molecule has 1 heterocycles. The van der Waals surface area contributed by atoms with Gasteiger partial charge >= 0.3 is 11.9 Å². The third-order valence-corrected chi connectivity index (χ3v) is 11.8. The molecule has 1 aliphatic heterocycles. The molecular weight excluding hydrogens is 1000 g/mol. The van der Waals surface area contributed by atoms with E-state index in [1.54, 1.807) is 13.8 Å². The van der Waals surface area contributed by atoms with Crippen LogP contribution in [0.4, 0.5) is 0 Å². The van der Waals surface area contributed by atoms with E-state index in [4.69, 9.17) is 34.4 Å². The normalized spacial score (nSPS) is 16.4. The van der Waals surface area contributed by atoms with Crippen LogP contribution in [0.1, 0.15) is 90.9 Å². The largest absolute Gasteiger partial charge is 0.481 e. The van der Waals surface area contributed by atoms with E-state index in [0.717, 1.165) is 0 Å². The van der Waals surface area contributed by atoms with Crippen LogP contribution in [0.25, 0.3) is 0 Å². The van der Waals surface area contributed by atoms with Crippen LogP contribution in [0.5, 0.6) is 0 Å². The number of carbonyl (C=O) groups is 12. The number of carbonyl (C=O) groups excluding carboxylic acids is 10. The molecule has 1 rings (SSSR count). The first-order valence-corrected chi connectivity index (χ1v) is 24.7. The van der Waals surface area contributed by atoms with Crippen molar-refractivity contribution in [3.63, 3.8) is 0 Å². The van der Waals surface area contributed by atoms with Gasteiger partial charge in [0.1, 0.15) is 48.3 Å². The van der Waals surface area contributed by atoms with E-state index in [2.05, 4.69) is 67.5 Å². The van der Waals surface area contributed by atoms with Crippen LogP contribution in [-0.4, -0.2) is 178 Å². The summed E-state index contributed by atoms with van der Waals surface area (Å²) >= 11 is 7.94. The summed E-state index contributed by atoms with van der Waals surface area (Å²) in [7, 11) is 0. The first-order chi connectivity index (χ1) is 34.3. The Morgan fingerprint density at radius 2 is 1.12 bits per heavy atom. The Labute approximate surface area is 432 Å². The van der Waals surface area contributed by atoms with Crippen molar-refractivity contribution in [2.24, 2.45) is 45.3 Å². The van der Waals surface area contributed by atoms with Crippen molar-refractivity contribution < 1.29 is 67.7 Å². The second-order valence-corrected chi connectivity index (χ2v) is 18.3. The Hall–Kier alpha value is -6.47. The molecule has 0 aromatic heterocycles. The smallest absolute Gasteiger partial charge is 0.327 e. The Morgan fingerprint density at radius 1 is 0.616 bits per heavy atom. The minimum Gasteiger partial charge on any atom is -0.481 e. The predicted octanol–water partition coefficient (Wildman–Crippen LogP) is -6.51. The number of primary amides is 2. The van der Waals surface area contributed by atoms with Crippen LogP contribution in [0.3, 0.4) is 0 Å². The molecule has 0 bridgehead atoms. The average Bonchev–Trinajstić information content (AvgIpc) is 3.81. The minimum absolute atomic E-state index is 0.00111. The molecule has 9 atom stereocenters. The topological polar surface area (TPSA) is 501 Å². The summed E-state index contributed by atoms with van der Waals surface area (Å²) in [5, 5.41) is 35.7. The Morgan fingerprint density at radius 3 is 1.63 bits per heavy atom. The standard InChI is InChI=1S/C42H73N15O14S2/c1-20(2)15-25(53-33(62)21(44)18-72)36(65)55-27(17-32(60)61)38(67)54-26(16-31(46)59)37(66)50-23(10-11-30(45)58)35(64)52-24(8-5-13-49-42(47)48)40(69)57-14-6-9-29(57)39(68)51-22(7-3-4-12-43)34(63)56-28(19-73)41(70)71/h20-29,72-73H,3-19,43-44H2,1-2H3,(H2,45,58)(H2,46,59)(H,50,66)(H,51,68)(H,52,64)(H,53,62)(H,54,67)(H,55,65)(H,56,63)(H,60,61)(H,70,71)(H4,47,48,49)/t21-,22-,23-,24-,25-,26-,27-,28-,29-/m0/s1. The van der Waals surface area contributed by atoms with Crippen LogP contribution in [0, 0.1) is 5.92 Å². The maximum atomic E-state index is 14.4. The number of nitrogens with zero attached hydrogens (tertiary/aromatic N) is 2. The van der Waals surface area contributed by atoms with Gasteiger partial charge in [-0.3, -0.25) is 57.7 Å². The third-order valence-electron chi connectivity index (χ3n) is 11.0.